The maximum atomic E-state index is 11.7. The highest BCUT2D eigenvalue weighted by Crippen LogP contribution is 2.26. The molecule has 2 aromatic rings. The highest BCUT2D eigenvalue weighted by Gasteiger charge is 2.08. The average Bonchev–Trinajstić information content (AvgIpc) is 2.69. The molecular weight excluding hydrogens is 312 g/mol. The molecule has 2 rings (SSSR count). The van der Waals surface area contributed by atoms with Gasteiger partial charge in [0.25, 0.3) is 0 Å². The maximum Gasteiger partial charge on any atom is 0.323 e. The molecule has 1 aromatic heterocycles. The number of rotatable bonds is 5. The molecule has 1 heterocycles. The smallest absolute Gasteiger partial charge is 0.323 e. The number of amides is 1. The van der Waals surface area contributed by atoms with Crippen molar-refractivity contribution in [3.63, 3.8) is 0 Å². The van der Waals surface area contributed by atoms with Gasteiger partial charge in [-0.15, -0.1) is 0 Å². The van der Waals surface area contributed by atoms with Crippen LogP contribution in [0.5, 0.6) is 0 Å². The summed E-state index contributed by atoms with van der Waals surface area (Å²) in [7, 11) is 0. The lowest BCUT2D eigenvalue weighted by Gasteiger charge is -2.08. The predicted octanol–water partition coefficient (Wildman–Crippen LogP) is 1.56. The van der Waals surface area contributed by atoms with E-state index in [4.69, 9.17) is 0 Å². The molecule has 0 saturated heterocycles. The van der Waals surface area contributed by atoms with Crippen molar-refractivity contribution in [3.8, 4) is 0 Å². The monoisotopic (exact) mass is 326 g/mol. The molecule has 0 fully saturated rings. The summed E-state index contributed by atoms with van der Waals surface area (Å²) in [5.41, 5.74) is 1.71. The van der Waals surface area contributed by atoms with E-state index >= 15 is 0 Å². The summed E-state index contributed by atoms with van der Waals surface area (Å²) in [5.74, 6) is -0.119. The molecule has 0 radical (unpaired) electrons. The second-order valence-corrected chi connectivity index (χ2v) is 5.04. The number of benzene rings is 1. The Morgan fingerprint density at radius 2 is 2.00 bits per heavy atom. The van der Waals surface area contributed by atoms with Crippen molar-refractivity contribution in [2.45, 2.75) is 13.3 Å². The summed E-state index contributed by atoms with van der Waals surface area (Å²) in [6, 6.07) is 3.47. The van der Waals surface area contributed by atoms with Gasteiger partial charge in [0.2, 0.25) is 5.91 Å². The molecule has 0 atom stereocenters. The van der Waals surface area contributed by atoms with Gasteiger partial charge in [0, 0.05) is 4.47 Å². The number of anilines is 1. The van der Waals surface area contributed by atoms with Crippen LogP contribution in [0.2, 0.25) is 0 Å². The fourth-order valence-corrected chi connectivity index (χ4v) is 2.17. The third-order valence-corrected chi connectivity index (χ3v) is 3.25. The molecule has 0 spiro atoms. The van der Waals surface area contributed by atoms with Gasteiger partial charge in [0.1, 0.15) is 0 Å². The zero-order valence-electron chi connectivity index (χ0n) is 10.5. The first-order valence-corrected chi connectivity index (χ1v) is 6.81. The van der Waals surface area contributed by atoms with Gasteiger partial charge in [-0.25, -0.2) is 4.79 Å². The minimum Gasteiger partial charge on any atom is -0.324 e. The summed E-state index contributed by atoms with van der Waals surface area (Å²) < 4.78 is 0.721. The van der Waals surface area contributed by atoms with Crippen LogP contribution in [0.3, 0.4) is 0 Å². The van der Waals surface area contributed by atoms with E-state index in [0.717, 1.165) is 17.4 Å². The zero-order valence-corrected chi connectivity index (χ0v) is 12.1. The molecule has 0 aliphatic carbocycles. The average molecular weight is 327 g/mol. The number of aromatic nitrogens is 2. The van der Waals surface area contributed by atoms with E-state index in [0.29, 0.717) is 16.7 Å². The molecular formula is C12H15BrN4O2. The minimum absolute atomic E-state index is 0.119. The molecule has 19 heavy (non-hydrogen) atoms. The Labute approximate surface area is 118 Å². The fraction of sp³-hybridized carbons (Fsp3) is 0.333. The number of H-pyrrole nitrogens is 2. The summed E-state index contributed by atoms with van der Waals surface area (Å²) in [6.45, 7) is 3.11. The summed E-state index contributed by atoms with van der Waals surface area (Å²) in [5, 5.41) is 5.81. The van der Waals surface area contributed by atoms with Crippen LogP contribution in [0.15, 0.2) is 21.4 Å². The van der Waals surface area contributed by atoms with Crippen LogP contribution in [0.4, 0.5) is 5.69 Å². The van der Waals surface area contributed by atoms with E-state index in [1.54, 1.807) is 12.1 Å². The van der Waals surface area contributed by atoms with Crippen LogP contribution in [-0.2, 0) is 4.79 Å². The highest BCUT2D eigenvalue weighted by atomic mass is 79.9. The third-order valence-electron chi connectivity index (χ3n) is 2.59. The van der Waals surface area contributed by atoms with Gasteiger partial charge in [0.15, 0.2) is 0 Å². The largest absolute Gasteiger partial charge is 0.324 e. The van der Waals surface area contributed by atoms with E-state index < -0.39 is 0 Å². The van der Waals surface area contributed by atoms with Gasteiger partial charge < -0.3 is 20.6 Å². The number of nitrogens with one attached hydrogen (secondary N) is 4. The van der Waals surface area contributed by atoms with Gasteiger partial charge in [0.05, 0.1) is 23.3 Å². The van der Waals surface area contributed by atoms with Crippen LogP contribution in [-0.4, -0.2) is 29.0 Å². The van der Waals surface area contributed by atoms with Crippen LogP contribution in [0.1, 0.15) is 13.3 Å². The number of fused-ring (bicyclic) bond motifs is 1. The first kappa shape index (κ1) is 13.8. The summed E-state index contributed by atoms with van der Waals surface area (Å²) >= 11 is 3.37. The van der Waals surface area contributed by atoms with Crippen molar-refractivity contribution in [2.75, 3.05) is 18.4 Å². The molecule has 0 unspecified atom stereocenters. The molecule has 0 aliphatic heterocycles. The van der Waals surface area contributed by atoms with Crippen molar-refractivity contribution in [1.29, 1.82) is 0 Å². The summed E-state index contributed by atoms with van der Waals surface area (Å²) in [6.07, 6.45) is 0.980. The lowest BCUT2D eigenvalue weighted by atomic mass is 10.2. The van der Waals surface area contributed by atoms with Gasteiger partial charge in [-0.05, 0) is 41.0 Å². The molecule has 1 aromatic carbocycles. The van der Waals surface area contributed by atoms with Crippen molar-refractivity contribution in [1.82, 2.24) is 15.3 Å². The van der Waals surface area contributed by atoms with Crippen molar-refractivity contribution >= 4 is 38.6 Å². The standard InChI is InChI=1S/C12H15BrN4O2/c1-2-3-14-6-11(18)15-8-5-10-9(4-7(8)13)16-12(19)17-10/h4-5,14H,2-3,6H2,1H3,(H,15,18)(H2,16,17,19). The van der Waals surface area contributed by atoms with Crippen molar-refractivity contribution in [2.24, 2.45) is 0 Å². The molecule has 6 nitrogen and oxygen atoms in total. The fourth-order valence-electron chi connectivity index (χ4n) is 1.72. The zero-order chi connectivity index (χ0) is 13.8. The lowest BCUT2D eigenvalue weighted by molar-refractivity contribution is -0.115. The number of halogens is 1. The Morgan fingerprint density at radius 3 is 2.68 bits per heavy atom. The number of imidazole rings is 1. The van der Waals surface area contributed by atoms with E-state index in [-0.39, 0.29) is 18.1 Å². The van der Waals surface area contributed by atoms with Gasteiger partial charge in [-0.2, -0.15) is 0 Å². The van der Waals surface area contributed by atoms with Crippen LogP contribution in [0.25, 0.3) is 11.0 Å². The second kappa shape index (κ2) is 6.03. The first-order chi connectivity index (χ1) is 9.10. The Balaban J connectivity index is 2.13. The molecule has 0 saturated carbocycles. The lowest BCUT2D eigenvalue weighted by Crippen LogP contribution is -2.28. The number of hydrogen-bond acceptors (Lipinski definition) is 3. The number of carbonyl (C=O) groups excluding carboxylic acids is 1. The van der Waals surface area contributed by atoms with Crippen LogP contribution >= 0.6 is 15.9 Å². The van der Waals surface area contributed by atoms with Crippen LogP contribution in [0, 0.1) is 0 Å². The molecule has 102 valence electrons. The van der Waals surface area contributed by atoms with E-state index in [1.165, 1.54) is 0 Å². The SMILES string of the molecule is CCCNCC(=O)Nc1cc2[nH]c(=O)[nH]c2cc1Br. The summed E-state index contributed by atoms with van der Waals surface area (Å²) in [4.78, 5) is 28.2. The van der Waals surface area contributed by atoms with Gasteiger partial charge in [-0.3, -0.25) is 4.79 Å². The Hall–Kier alpha value is -1.60. The second-order valence-electron chi connectivity index (χ2n) is 4.18. The molecule has 0 bridgehead atoms. The third kappa shape index (κ3) is 3.45. The Bertz CT molecular complexity index is 647. The van der Waals surface area contributed by atoms with E-state index in [1.807, 2.05) is 6.92 Å². The minimum atomic E-state index is -0.269. The number of carbonyl (C=O) groups is 1. The molecule has 0 aliphatic rings. The van der Waals surface area contributed by atoms with E-state index in [2.05, 4.69) is 36.5 Å². The number of aromatic amines is 2. The first-order valence-electron chi connectivity index (χ1n) is 6.02. The molecule has 1 amide bonds. The number of hydrogen-bond donors (Lipinski definition) is 4. The molecule has 7 heteroatoms. The molecule has 4 N–H and O–H groups in total. The Morgan fingerprint density at radius 1 is 1.32 bits per heavy atom. The quantitative estimate of drug-likeness (QED) is 0.628. The van der Waals surface area contributed by atoms with E-state index in [9.17, 15) is 9.59 Å². The van der Waals surface area contributed by atoms with Crippen molar-refractivity contribution in [3.05, 3.63) is 27.1 Å². The van der Waals surface area contributed by atoms with Crippen molar-refractivity contribution < 1.29 is 4.79 Å². The van der Waals surface area contributed by atoms with Gasteiger partial charge >= 0.3 is 5.69 Å². The van der Waals surface area contributed by atoms with Crippen LogP contribution < -0.4 is 16.3 Å². The highest BCUT2D eigenvalue weighted by molar-refractivity contribution is 9.10. The maximum absolute atomic E-state index is 11.7. The van der Waals surface area contributed by atoms with Gasteiger partial charge in [-0.1, -0.05) is 6.92 Å². The Kier molecular flexibility index (Phi) is 4.39. The topological polar surface area (TPSA) is 89.8 Å². The normalized spacial score (nSPS) is 10.8. The predicted molar refractivity (Wildman–Crippen MR) is 78.4 cm³/mol.